The smallest absolute Gasteiger partial charge is 0.337 e. The molecule has 4 rings (SSSR count). The minimum Gasteiger partial charge on any atom is -0.494 e. The van der Waals surface area contributed by atoms with Crippen molar-refractivity contribution in [2.75, 3.05) is 38.7 Å². The van der Waals surface area contributed by atoms with E-state index in [0.29, 0.717) is 23.3 Å². The predicted octanol–water partition coefficient (Wildman–Crippen LogP) is 1.49. The van der Waals surface area contributed by atoms with Crippen LogP contribution in [0.3, 0.4) is 0 Å². The van der Waals surface area contributed by atoms with E-state index >= 15 is 0 Å². The second-order valence-electron chi connectivity index (χ2n) is 7.04. The maximum absolute atomic E-state index is 12.7. The number of ether oxygens (including phenoxy) is 2. The highest BCUT2D eigenvalue weighted by molar-refractivity contribution is 6.08. The molecule has 32 heavy (non-hydrogen) atoms. The molecule has 2 N–H and O–H groups in total. The minimum absolute atomic E-state index is 0.0740. The Bertz CT molecular complexity index is 1190. The van der Waals surface area contributed by atoms with Crippen molar-refractivity contribution in [2.24, 2.45) is 0 Å². The maximum atomic E-state index is 12.7. The molecule has 2 aromatic carbocycles. The number of esters is 1. The van der Waals surface area contributed by atoms with E-state index in [4.69, 9.17) is 9.47 Å². The number of carbonyl (C=O) groups excluding carboxylic acids is 2. The van der Waals surface area contributed by atoms with E-state index in [9.17, 15) is 14.7 Å². The molecule has 3 aromatic rings. The standard InChI is InChI=1S/C22H23N5O5/c1-3-32-16-7-5-15(6-8-16)27-24-18-9-4-14(12-19(18)25-27)23-20-17(22(30)31-2)13-26(10-11-28)21(20)29/h4-9,12,23,28H,3,10-11,13H2,1-2H3. The number of benzene rings is 2. The Hall–Kier alpha value is -3.92. The van der Waals surface area contributed by atoms with E-state index in [1.807, 2.05) is 31.2 Å². The first-order valence-corrected chi connectivity index (χ1v) is 10.1. The number of β-amino-alcohol motifs (C(OH)–C–C–N with tert-alkyl or cyclic N) is 1. The van der Waals surface area contributed by atoms with Gasteiger partial charge in [0.2, 0.25) is 0 Å². The van der Waals surface area contributed by atoms with E-state index in [1.165, 1.54) is 16.8 Å². The molecule has 1 aliphatic heterocycles. The molecule has 0 saturated heterocycles. The van der Waals surface area contributed by atoms with Crippen LogP contribution in [0.2, 0.25) is 0 Å². The molecule has 1 amide bonds. The highest BCUT2D eigenvalue weighted by Gasteiger charge is 2.34. The monoisotopic (exact) mass is 437 g/mol. The first-order chi connectivity index (χ1) is 15.5. The summed E-state index contributed by atoms with van der Waals surface area (Å²) in [5, 5.41) is 21.2. The Morgan fingerprint density at radius 1 is 1.16 bits per heavy atom. The quantitative estimate of drug-likeness (QED) is 0.509. The first kappa shape index (κ1) is 21.3. The van der Waals surface area contributed by atoms with Crippen LogP contribution in [0, 0.1) is 0 Å². The molecule has 0 unspecified atom stereocenters. The summed E-state index contributed by atoms with van der Waals surface area (Å²) in [6.45, 7) is 2.51. The van der Waals surface area contributed by atoms with Gasteiger partial charge in [-0.1, -0.05) is 0 Å². The average molecular weight is 437 g/mol. The number of methoxy groups -OCH3 is 1. The summed E-state index contributed by atoms with van der Waals surface area (Å²) in [6, 6.07) is 12.7. The SMILES string of the molecule is CCOc1ccc(-n2nc3ccc(NC4=C(C(=O)OC)CN(CCO)C4=O)cc3n2)cc1. The molecule has 0 radical (unpaired) electrons. The van der Waals surface area contributed by atoms with Crippen molar-refractivity contribution < 1.29 is 24.2 Å². The summed E-state index contributed by atoms with van der Waals surface area (Å²) < 4.78 is 10.3. The maximum Gasteiger partial charge on any atom is 0.337 e. The average Bonchev–Trinajstić information content (AvgIpc) is 3.36. The van der Waals surface area contributed by atoms with Gasteiger partial charge in [-0.3, -0.25) is 4.79 Å². The van der Waals surface area contributed by atoms with Gasteiger partial charge in [0, 0.05) is 12.2 Å². The molecule has 2 heterocycles. The van der Waals surface area contributed by atoms with Gasteiger partial charge in [-0.05, 0) is 49.4 Å². The van der Waals surface area contributed by atoms with E-state index in [-0.39, 0.29) is 36.9 Å². The zero-order chi connectivity index (χ0) is 22.7. The number of amides is 1. The fraction of sp³-hybridized carbons (Fsp3) is 0.273. The lowest BCUT2D eigenvalue weighted by Gasteiger charge is -2.14. The summed E-state index contributed by atoms with van der Waals surface area (Å²) in [7, 11) is 1.26. The van der Waals surface area contributed by atoms with Crippen molar-refractivity contribution >= 4 is 28.6 Å². The van der Waals surface area contributed by atoms with Crippen LogP contribution in [0.25, 0.3) is 16.7 Å². The lowest BCUT2D eigenvalue weighted by Crippen LogP contribution is -2.31. The molecule has 0 saturated carbocycles. The number of hydrogen-bond donors (Lipinski definition) is 2. The number of rotatable bonds is 8. The van der Waals surface area contributed by atoms with Gasteiger partial charge in [-0.2, -0.15) is 4.80 Å². The van der Waals surface area contributed by atoms with Crippen molar-refractivity contribution in [3.63, 3.8) is 0 Å². The van der Waals surface area contributed by atoms with Crippen LogP contribution in [0.5, 0.6) is 5.75 Å². The van der Waals surface area contributed by atoms with Gasteiger partial charge in [-0.25, -0.2) is 4.79 Å². The molecular formula is C22H23N5O5. The molecule has 1 aromatic heterocycles. The van der Waals surface area contributed by atoms with Gasteiger partial charge in [0.15, 0.2) is 0 Å². The minimum atomic E-state index is -0.594. The third-order valence-electron chi connectivity index (χ3n) is 4.98. The number of hydrogen-bond acceptors (Lipinski definition) is 8. The van der Waals surface area contributed by atoms with Crippen LogP contribution in [0.1, 0.15) is 6.92 Å². The molecule has 1 aliphatic rings. The molecule has 0 bridgehead atoms. The Balaban J connectivity index is 1.61. The van der Waals surface area contributed by atoms with Crippen LogP contribution in [-0.4, -0.2) is 70.3 Å². The fourth-order valence-electron chi connectivity index (χ4n) is 3.44. The number of anilines is 1. The normalized spacial score (nSPS) is 13.7. The molecule has 0 aliphatic carbocycles. The van der Waals surface area contributed by atoms with E-state index in [0.717, 1.165) is 11.4 Å². The second kappa shape index (κ2) is 9.06. The van der Waals surface area contributed by atoms with Crippen molar-refractivity contribution in [1.82, 2.24) is 19.9 Å². The molecule has 0 fully saturated rings. The van der Waals surface area contributed by atoms with Crippen molar-refractivity contribution in [2.45, 2.75) is 6.92 Å². The number of aromatic nitrogens is 3. The number of aliphatic hydroxyl groups excluding tert-OH is 1. The lowest BCUT2D eigenvalue weighted by atomic mass is 10.2. The fourth-order valence-corrected chi connectivity index (χ4v) is 3.44. The summed E-state index contributed by atoms with van der Waals surface area (Å²) in [4.78, 5) is 27.8. The number of carbonyl (C=O) groups is 2. The highest BCUT2D eigenvalue weighted by atomic mass is 16.5. The largest absolute Gasteiger partial charge is 0.494 e. The number of fused-ring (bicyclic) bond motifs is 1. The van der Waals surface area contributed by atoms with Crippen molar-refractivity contribution in [3.05, 3.63) is 53.7 Å². The number of nitrogens with one attached hydrogen (secondary N) is 1. The van der Waals surface area contributed by atoms with Gasteiger partial charge in [0.25, 0.3) is 5.91 Å². The summed E-state index contributed by atoms with van der Waals surface area (Å²) in [6.07, 6.45) is 0. The molecular weight excluding hydrogens is 414 g/mol. The van der Waals surface area contributed by atoms with Crippen LogP contribution in [0.15, 0.2) is 53.7 Å². The molecule has 0 atom stereocenters. The van der Waals surface area contributed by atoms with Crippen LogP contribution >= 0.6 is 0 Å². The Morgan fingerprint density at radius 3 is 2.59 bits per heavy atom. The van der Waals surface area contributed by atoms with Gasteiger partial charge in [0.1, 0.15) is 22.5 Å². The van der Waals surface area contributed by atoms with E-state index < -0.39 is 5.97 Å². The number of nitrogens with zero attached hydrogens (tertiary/aromatic N) is 4. The predicted molar refractivity (Wildman–Crippen MR) is 116 cm³/mol. The van der Waals surface area contributed by atoms with Gasteiger partial charge < -0.3 is 24.8 Å². The summed E-state index contributed by atoms with van der Waals surface area (Å²) >= 11 is 0. The molecule has 10 heteroatoms. The highest BCUT2D eigenvalue weighted by Crippen LogP contribution is 2.25. The van der Waals surface area contributed by atoms with Crippen molar-refractivity contribution in [3.8, 4) is 11.4 Å². The Kier molecular flexibility index (Phi) is 6.04. The van der Waals surface area contributed by atoms with Crippen LogP contribution < -0.4 is 10.1 Å². The van der Waals surface area contributed by atoms with Crippen LogP contribution in [0.4, 0.5) is 5.69 Å². The molecule has 0 spiro atoms. The third-order valence-corrected chi connectivity index (χ3v) is 4.98. The van der Waals surface area contributed by atoms with Gasteiger partial charge in [0.05, 0.1) is 38.1 Å². The van der Waals surface area contributed by atoms with Gasteiger partial charge >= 0.3 is 5.97 Å². The van der Waals surface area contributed by atoms with E-state index in [1.54, 1.807) is 18.2 Å². The van der Waals surface area contributed by atoms with Gasteiger partial charge in [-0.15, -0.1) is 10.2 Å². The molecule has 166 valence electrons. The number of aliphatic hydroxyl groups is 1. The second-order valence-corrected chi connectivity index (χ2v) is 7.04. The third kappa shape index (κ3) is 4.12. The first-order valence-electron chi connectivity index (χ1n) is 10.1. The summed E-state index contributed by atoms with van der Waals surface area (Å²) in [5.41, 5.74) is 2.98. The zero-order valence-corrected chi connectivity index (χ0v) is 17.7. The summed E-state index contributed by atoms with van der Waals surface area (Å²) in [5.74, 6) is -0.202. The Morgan fingerprint density at radius 2 is 1.91 bits per heavy atom. The lowest BCUT2D eigenvalue weighted by molar-refractivity contribution is -0.136. The topological polar surface area (TPSA) is 119 Å². The van der Waals surface area contributed by atoms with Crippen molar-refractivity contribution in [1.29, 1.82) is 0 Å². The molecule has 10 nitrogen and oxygen atoms in total. The zero-order valence-electron chi connectivity index (χ0n) is 17.7. The van der Waals surface area contributed by atoms with Crippen LogP contribution in [-0.2, 0) is 14.3 Å². The Labute approximate surface area is 184 Å². The van der Waals surface area contributed by atoms with E-state index in [2.05, 4.69) is 15.5 Å².